The number of halogens is 1. The molecule has 0 bridgehead atoms. The quantitative estimate of drug-likeness (QED) is 0.588. The molecule has 0 amide bonds. The van der Waals surface area contributed by atoms with Crippen molar-refractivity contribution in [2.75, 3.05) is 25.2 Å². The van der Waals surface area contributed by atoms with Crippen molar-refractivity contribution >= 4 is 21.8 Å². The molecule has 0 saturated heterocycles. The van der Waals surface area contributed by atoms with Crippen molar-refractivity contribution < 1.29 is 17.9 Å². The lowest BCUT2D eigenvalue weighted by atomic mass is 10.2. The van der Waals surface area contributed by atoms with Crippen LogP contribution in [0.1, 0.15) is 18.4 Å². The first-order valence-corrected chi connectivity index (χ1v) is 9.27. The van der Waals surface area contributed by atoms with Crippen molar-refractivity contribution in [2.45, 2.75) is 17.7 Å². The highest BCUT2D eigenvalue weighted by atomic mass is 32.2. The molecule has 0 aliphatic rings. The second-order valence-corrected chi connectivity index (χ2v) is 6.91. The first kappa shape index (κ1) is 18.0. The smallest absolute Gasteiger partial charge is 0.240 e. The normalized spacial score (nSPS) is 11.0. The van der Waals surface area contributed by atoms with Gasteiger partial charge in [-0.3, -0.25) is 0 Å². The maximum Gasteiger partial charge on any atom is 0.240 e. The van der Waals surface area contributed by atoms with E-state index in [1.807, 2.05) is 6.26 Å². The van der Waals surface area contributed by atoms with Crippen LogP contribution in [0.3, 0.4) is 0 Å². The van der Waals surface area contributed by atoms with Crippen LogP contribution in [0, 0.1) is 17.7 Å². The van der Waals surface area contributed by atoms with Crippen molar-refractivity contribution in [3.63, 3.8) is 0 Å². The zero-order chi connectivity index (χ0) is 15.7. The largest absolute Gasteiger partial charge is 0.395 e. The van der Waals surface area contributed by atoms with Crippen LogP contribution in [0.2, 0.25) is 0 Å². The Bertz CT molecular complexity index is 621. The van der Waals surface area contributed by atoms with E-state index in [4.69, 9.17) is 5.11 Å². The number of sulfonamides is 1. The summed E-state index contributed by atoms with van der Waals surface area (Å²) in [6, 6.07) is 3.61. The molecule has 0 unspecified atom stereocenters. The number of benzene rings is 1. The van der Waals surface area contributed by atoms with Gasteiger partial charge in [-0.25, -0.2) is 17.5 Å². The number of aliphatic hydroxyl groups is 1. The lowest BCUT2D eigenvalue weighted by Crippen LogP contribution is -2.25. The number of hydrogen-bond acceptors (Lipinski definition) is 4. The molecule has 0 heterocycles. The van der Waals surface area contributed by atoms with Crippen LogP contribution < -0.4 is 4.72 Å². The molecule has 7 heteroatoms. The molecule has 116 valence electrons. The summed E-state index contributed by atoms with van der Waals surface area (Å²) < 4.78 is 40.2. The highest BCUT2D eigenvalue weighted by Gasteiger charge is 2.15. The van der Waals surface area contributed by atoms with E-state index < -0.39 is 15.8 Å². The predicted octanol–water partition coefficient (Wildman–Crippen LogP) is 1.59. The summed E-state index contributed by atoms with van der Waals surface area (Å²) in [5.74, 6) is 5.31. The van der Waals surface area contributed by atoms with Gasteiger partial charge in [-0.2, -0.15) is 11.8 Å². The molecule has 0 spiro atoms. The van der Waals surface area contributed by atoms with Gasteiger partial charge in [-0.15, -0.1) is 0 Å². The molecular weight excluding hydrogens is 313 g/mol. The van der Waals surface area contributed by atoms with Crippen molar-refractivity contribution in [1.29, 1.82) is 0 Å². The summed E-state index contributed by atoms with van der Waals surface area (Å²) in [7, 11) is -3.69. The van der Waals surface area contributed by atoms with Crippen LogP contribution in [0.15, 0.2) is 23.1 Å². The minimum absolute atomic E-state index is 0.0962. The fourth-order valence-corrected chi connectivity index (χ4v) is 3.00. The maximum absolute atomic E-state index is 13.8. The Kier molecular flexibility index (Phi) is 7.75. The van der Waals surface area contributed by atoms with Crippen molar-refractivity contribution in [2.24, 2.45) is 0 Å². The van der Waals surface area contributed by atoms with Gasteiger partial charge in [0.2, 0.25) is 10.0 Å². The Labute approximate surface area is 129 Å². The third kappa shape index (κ3) is 6.06. The Hall–Kier alpha value is -1.07. The van der Waals surface area contributed by atoms with Gasteiger partial charge in [0.25, 0.3) is 0 Å². The van der Waals surface area contributed by atoms with Gasteiger partial charge in [0.15, 0.2) is 0 Å². The molecule has 0 aliphatic heterocycles. The number of rotatable bonds is 7. The summed E-state index contributed by atoms with van der Waals surface area (Å²) in [5, 5.41) is 8.60. The van der Waals surface area contributed by atoms with Crippen LogP contribution >= 0.6 is 11.8 Å². The van der Waals surface area contributed by atoms with Gasteiger partial charge < -0.3 is 5.11 Å². The van der Waals surface area contributed by atoms with Crippen LogP contribution in [-0.2, 0) is 10.0 Å². The van der Waals surface area contributed by atoms with Crippen LogP contribution in [0.4, 0.5) is 4.39 Å². The molecular formula is C14H18FNO3S2. The number of nitrogens with one attached hydrogen (secondary N) is 1. The summed E-state index contributed by atoms with van der Waals surface area (Å²) in [4.78, 5) is -0.114. The average Bonchev–Trinajstić information content (AvgIpc) is 2.45. The van der Waals surface area contributed by atoms with Gasteiger partial charge in [0, 0.05) is 13.0 Å². The van der Waals surface area contributed by atoms with Crippen LogP contribution in [0.5, 0.6) is 0 Å². The minimum atomic E-state index is -3.69. The molecule has 0 fully saturated rings. The summed E-state index contributed by atoms with van der Waals surface area (Å²) in [6.45, 7) is 0.226. The first-order valence-electron chi connectivity index (χ1n) is 6.39. The molecule has 4 nitrogen and oxygen atoms in total. The summed E-state index contributed by atoms with van der Waals surface area (Å²) in [5.41, 5.74) is 0.116. The van der Waals surface area contributed by atoms with Gasteiger partial charge in [-0.05, 0) is 36.6 Å². The lowest BCUT2D eigenvalue weighted by molar-refractivity contribution is 0.305. The van der Waals surface area contributed by atoms with E-state index in [-0.39, 0.29) is 23.5 Å². The number of aliphatic hydroxyl groups excluding tert-OH is 1. The van der Waals surface area contributed by atoms with Gasteiger partial charge in [0.1, 0.15) is 5.82 Å². The molecule has 2 N–H and O–H groups in total. The lowest BCUT2D eigenvalue weighted by Gasteiger charge is -2.07. The monoisotopic (exact) mass is 331 g/mol. The molecule has 0 atom stereocenters. The number of thioether (sulfide) groups is 1. The van der Waals surface area contributed by atoms with Crippen LogP contribution in [-0.4, -0.2) is 38.7 Å². The standard InChI is InChI=1S/C14H18FNO3S2/c1-20-10-4-8-16-21(18,19)13-7-6-12(14(15)11-13)5-2-3-9-17/h6-7,11,16-17H,3-4,8-10H2,1H3. The Morgan fingerprint density at radius 1 is 1.43 bits per heavy atom. The molecule has 0 saturated carbocycles. The summed E-state index contributed by atoms with van der Waals surface area (Å²) >= 11 is 1.63. The fraction of sp³-hybridized carbons (Fsp3) is 0.429. The minimum Gasteiger partial charge on any atom is -0.395 e. The predicted molar refractivity (Wildman–Crippen MR) is 83.2 cm³/mol. The molecule has 1 aromatic carbocycles. The third-order valence-electron chi connectivity index (χ3n) is 2.53. The maximum atomic E-state index is 13.8. The zero-order valence-electron chi connectivity index (χ0n) is 11.7. The molecule has 1 rings (SSSR count). The molecule has 21 heavy (non-hydrogen) atoms. The molecule has 0 aromatic heterocycles. The Morgan fingerprint density at radius 3 is 2.81 bits per heavy atom. The van der Waals surface area contributed by atoms with E-state index in [1.54, 1.807) is 11.8 Å². The van der Waals surface area contributed by atoms with E-state index in [0.717, 1.165) is 11.8 Å². The van der Waals surface area contributed by atoms with E-state index in [1.165, 1.54) is 12.1 Å². The first-order chi connectivity index (χ1) is 10.0. The highest BCUT2D eigenvalue weighted by molar-refractivity contribution is 7.98. The van der Waals surface area contributed by atoms with Crippen molar-refractivity contribution in [3.8, 4) is 11.8 Å². The van der Waals surface area contributed by atoms with Crippen LogP contribution in [0.25, 0.3) is 0 Å². The molecule has 0 radical (unpaired) electrons. The topological polar surface area (TPSA) is 66.4 Å². The number of hydrogen-bond donors (Lipinski definition) is 2. The Morgan fingerprint density at radius 2 is 2.19 bits per heavy atom. The van der Waals surface area contributed by atoms with Crippen molar-refractivity contribution in [3.05, 3.63) is 29.6 Å². The van der Waals surface area contributed by atoms with E-state index >= 15 is 0 Å². The zero-order valence-corrected chi connectivity index (χ0v) is 13.4. The molecule has 1 aromatic rings. The summed E-state index contributed by atoms with van der Waals surface area (Å²) in [6.07, 6.45) is 2.91. The van der Waals surface area contributed by atoms with Gasteiger partial charge in [0.05, 0.1) is 17.1 Å². The fourth-order valence-electron chi connectivity index (χ4n) is 1.48. The second-order valence-electron chi connectivity index (χ2n) is 4.16. The SMILES string of the molecule is CSCCCNS(=O)(=O)c1ccc(C#CCCO)c(F)c1. The van der Waals surface area contributed by atoms with Crippen molar-refractivity contribution in [1.82, 2.24) is 4.72 Å². The second kappa shape index (κ2) is 9.05. The third-order valence-corrected chi connectivity index (χ3v) is 4.68. The average molecular weight is 331 g/mol. The van der Waals surface area contributed by atoms with E-state index in [0.29, 0.717) is 13.0 Å². The van der Waals surface area contributed by atoms with E-state index in [2.05, 4.69) is 16.6 Å². The van der Waals surface area contributed by atoms with E-state index in [9.17, 15) is 12.8 Å². The molecule has 0 aliphatic carbocycles. The Balaban J connectivity index is 2.80. The van der Waals surface area contributed by atoms with Gasteiger partial charge in [-0.1, -0.05) is 11.8 Å². The van der Waals surface area contributed by atoms with Gasteiger partial charge >= 0.3 is 0 Å². The highest BCUT2D eigenvalue weighted by Crippen LogP contribution is 2.14.